The van der Waals surface area contributed by atoms with Crippen molar-refractivity contribution in [2.24, 2.45) is 0 Å². The molecule has 0 aliphatic rings. The molecule has 1 aromatic carbocycles. The fraction of sp³-hybridized carbons (Fsp3) is 0.316. The van der Waals surface area contributed by atoms with Crippen molar-refractivity contribution >= 4 is 5.82 Å². The number of anilines is 1. The van der Waals surface area contributed by atoms with Crippen molar-refractivity contribution in [3.8, 4) is 11.4 Å². The molecule has 0 radical (unpaired) electrons. The lowest BCUT2D eigenvalue weighted by molar-refractivity contribution is 0.414. The van der Waals surface area contributed by atoms with Gasteiger partial charge in [-0.3, -0.25) is 0 Å². The number of aromatic nitrogens is 4. The minimum atomic E-state index is 0.723. The maximum Gasteiger partial charge on any atom is 0.135 e. The lowest BCUT2D eigenvalue weighted by Gasteiger charge is -2.20. The second-order valence-electron chi connectivity index (χ2n) is 6.16. The van der Waals surface area contributed by atoms with Crippen LogP contribution in [0.4, 0.5) is 5.82 Å². The summed E-state index contributed by atoms with van der Waals surface area (Å²) in [5.74, 6) is 2.56. The number of aryl methyl sites for hydroxylation is 2. The summed E-state index contributed by atoms with van der Waals surface area (Å²) in [5, 5.41) is 4.47. The molecule has 0 unspecified atom stereocenters. The predicted molar refractivity (Wildman–Crippen MR) is 98.5 cm³/mol. The molecule has 0 bridgehead atoms. The molecule has 2 heterocycles. The summed E-state index contributed by atoms with van der Waals surface area (Å²) in [6.07, 6.45) is 3.91. The van der Waals surface area contributed by atoms with E-state index in [1.54, 1.807) is 7.11 Å². The number of benzene rings is 1. The Morgan fingerprint density at radius 3 is 2.72 bits per heavy atom. The molecule has 0 aliphatic carbocycles. The first-order chi connectivity index (χ1) is 12.0. The SMILES string of the molecule is COc1cccc(-n2cc(CN(C)c3nc(C)nc(C)c3C)cn2)c1. The van der Waals surface area contributed by atoms with E-state index < -0.39 is 0 Å². The molecule has 130 valence electrons. The van der Waals surface area contributed by atoms with Gasteiger partial charge in [0.15, 0.2) is 0 Å². The third-order valence-corrected chi connectivity index (χ3v) is 4.21. The average molecular weight is 337 g/mol. The highest BCUT2D eigenvalue weighted by Crippen LogP contribution is 2.21. The van der Waals surface area contributed by atoms with Gasteiger partial charge in [-0.05, 0) is 32.9 Å². The largest absolute Gasteiger partial charge is 0.497 e. The maximum atomic E-state index is 5.28. The Bertz CT molecular complexity index is 887. The molecule has 0 spiro atoms. The van der Waals surface area contributed by atoms with Crippen LogP contribution in [-0.2, 0) is 6.54 Å². The number of hydrogen-bond donors (Lipinski definition) is 0. The van der Waals surface area contributed by atoms with Crippen molar-refractivity contribution in [1.82, 2.24) is 19.7 Å². The van der Waals surface area contributed by atoms with Crippen LogP contribution in [0.3, 0.4) is 0 Å². The first-order valence-electron chi connectivity index (χ1n) is 8.19. The zero-order chi connectivity index (χ0) is 18.0. The number of ether oxygens (including phenoxy) is 1. The van der Waals surface area contributed by atoms with Gasteiger partial charge in [-0.15, -0.1) is 0 Å². The summed E-state index contributed by atoms with van der Waals surface area (Å²) < 4.78 is 7.13. The molecule has 2 aromatic heterocycles. The quantitative estimate of drug-likeness (QED) is 0.715. The summed E-state index contributed by atoms with van der Waals surface area (Å²) in [6.45, 7) is 6.72. The van der Waals surface area contributed by atoms with Crippen LogP contribution < -0.4 is 9.64 Å². The van der Waals surface area contributed by atoms with Crippen LogP contribution in [0.15, 0.2) is 36.7 Å². The minimum Gasteiger partial charge on any atom is -0.497 e. The Morgan fingerprint density at radius 1 is 1.16 bits per heavy atom. The van der Waals surface area contributed by atoms with Crippen LogP contribution in [0.25, 0.3) is 5.69 Å². The highest BCUT2D eigenvalue weighted by atomic mass is 16.5. The molecule has 3 aromatic rings. The number of rotatable bonds is 5. The lowest BCUT2D eigenvalue weighted by Crippen LogP contribution is -2.20. The highest BCUT2D eigenvalue weighted by Gasteiger charge is 2.12. The summed E-state index contributed by atoms with van der Waals surface area (Å²) in [5.41, 5.74) is 4.20. The van der Waals surface area contributed by atoms with Gasteiger partial charge in [-0.1, -0.05) is 6.07 Å². The summed E-state index contributed by atoms with van der Waals surface area (Å²) >= 11 is 0. The van der Waals surface area contributed by atoms with Crippen molar-refractivity contribution in [2.45, 2.75) is 27.3 Å². The monoisotopic (exact) mass is 337 g/mol. The number of hydrogen-bond acceptors (Lipinski definition) is 5. The highest BCUT2D eigenvalue weighted by molar-refractivity contribution is 5.48. The van der Waals surface area contributed by atoms with Crippen LogP contribution in [0, 0.1) is 20.8 Å². The van der Waals surface area contributed by atoms with Crippen molar-refractivity contribution in [1.29, 1.82) is 0 Å². The standard InChI is InChI=1S/C19H23N5O/c1-13-14(2)21-15(3)22-19(13)23(4)11-16-10-20-24(12-16)17-7-6-8-18(9-17)25-5/h6-10,12H,11H2,1-5H3. The fourth-order valence-corrected chi connectivity index (χ4v) is 2.81. The van der Waals surface area contributed by atoms with Gasteiger partial charge in [-0.25, -0.2) is 14.6 Å². The molecule has 6 nitrogen and oxygen atoms in total. The molecule has 0 atom stereocenters. The normalized spacial score (nSPS) is 10.8. The number of methoxy groups -OCH3 is 1. The van der Waals surface area contributed by atoms with E-state index in [0.29, 0.717) is 0 Å². The van der Waals surface area contributed by atoms with E-state index in [2.05, 4.69) is 26.9 Å². The van der Waals surface area contributed by atoms with Gasteiger partial charge in [-0.2, -0.15) is 5.10 Å². The molecule has 3 rings (SSSR count). The molecule has 0 amide bonds. The van der Waals surface area contributed by atoms with Crippen molar-refractivity contribution < 1.29 is 4.74 Å². The summed E-state index contributed by atoms with van der Waals surface area (Å²) in [4.78, 5) is 11.1. The Hall–Kier alpha value is -2.89. The third kappa shape index (κ3) is 3.63. The molecular weight excluding hydrogens is 314 g/mol. The average Bonchev–Trinajstić information content (AvgIpc) is 3.06. The maximum absolute atomic E-state index is 5.28. The Morgan fingerprint density at radius 2 is 1.96 bits per heavy atom. The van der Waals surface area contributed by atoms with E-state index in [0.717, 1.165) is 46.4 Å². The topological polar surface area (TPSA) is 56.1 Å². The zero-order valence-electron chi connectivity index (χ0n) is 15.3. The van der Waals surface area contributed by atoms with E-state index in [4.69, 9.17) is 4.74 Å². The Balaban J connectivity index is 1.81. The van der Waals surface area contributed by atoms with Crippen LogP contribution in [-0.4, -0.2) is 33.9 Å². The molecule has 0 N–H and O–H groups in total. The molecule has 0 saturated carbocycles. The van der Waals surface area contributed by atoms with Gasteiger partial charge in [0.1, 0.15) is 17.4 Å². The first kappa shape index (κ1) is 17.0. The fourth-order valence-electron chi connectivity index (χ4n) is 2.81. The van der Waals surface area contributed by atoms with Gasteiger partial charge in [0.2, 0.25) is 0 Å². The second kappa shape index (κ2) is 6.93. The van der Waals surface area contributed by atoms with E-state index in [-0.39, 0.29) is 0 Å². The Kier molecular flexibility index (Phi) is 4.70. The van der Waals surface area contributed by atoms with Gasteiger partial charge < -0.3 is 9.64 Å². The summed E-state index contributed by atoms with van der Waals surface area (Å²) in [6, 6.07) is 7.84. The van der Waals surface area contributed by atoms with Crippen LogP contribution in [0.5, 0.6) is 5.75 Å². The molecule has 0 saturated heterocycles. The van der Waals surface area contributed by atoms with Gasteiger partial charge in [0, 0.05) is 42.7 Å². The zero-order valence-corrected chi connectivity index (χ0v) is 15.3. The van der Waals surface area contributed by atoms with Crippen molar-refractivity contribution in [2.75, 3.05) is 19.1 Å². The molecule has 0 aliphatic heterocycles. The second-order valence-corrected chi connectivity index (χ2v) is 6.16. The van der Waals surface area contributed by atoms with Gasteiger partial charge in [0.05, 0.1) is 19.0 Å². The first-order valence-corrected chi connectivity index (χ1v) is 8.19. The van der Waals surface area contributed by atoms with Crippen LogP contribution in [0.1, 0.15) is 22.6 Å². The minimum absolute atomic E-state index is 0.723. The molecular formula is C19H23N5O. The van der Waals surface area contributed by atoms with Gasteiger partial charge >= 0.3 is 0 Å². The third-order valence-electron chi connectivity index (χ3n) is 4.21. The smallest absolute Gasteiger partial charge is 0.135 e. The van der Waals surface area contributed by atoms with E-state index in [1.165, 1.54) is 0 Å². The van der Waals surface area contributed by atoms with E-state index >= 15 is 0 Å². The van der Waals surface area contributed by atoms with Crippen LogP contribution >= 0.6 is 0 Å². The lowest BCUT2D eigenvalue weighted by atomic mass is 10.2. The number of nitrogens with zero attached hydrogens (tertiary/aromatic N) is 5. The van der Waals surface area contributed by atoms with Gasteiger partial charge in [0.25, 0.3) is 0 Å². The summed E-state index contributed by atoms with van der Waals surface area (Å²) in [7, 11) is 3.70. The predicted octanol–water partition coefficient (Wildman–Crippen LogP) is 3.23. The molecule has 0 fully saturated rings. The van der Waals surface area contributed by atoms with Crippen molar-refractivity contribution in [3.05, 3.63) is 59.3 Å². The van der Waals surface area contributed by atoms with Crippen molar-refractivity contribution in [3.63, 3.8) is 0 Å². The van der Waals surface area contributed by atoms with Crippen LogP contribution in [0.2, 0.25) is 0 Å². The molecule has 25 heavy (non-hydrogen) atoms. The Labute approximate surface area is 148 Å². The molecule has 6 heteroatoms. The van der Waals surface area contributed by atoms with E-state index in [9.17, 15) is 0 Å². The van der Waals surface area contributed by atoms with E-state index in [1.807, 2.05) is 62.2 Å².